The van der Waals surface area contributed by atoms with Crippen molar-refractivity contribution in [1.29, 1.82) is 0 Å². The molecule has 0 radical (unpaired) electrons. The van der Waals surface area contributed by atoms with E-state index < -0.39 is 5.95 Å². The number of halogens is 1. The minimum absolute atomic E-state index is 0.209. The van der Waals surface area contributed by atoms with Crippen LogP contribution in [0.25, 0.3) is 0 Å². The summed E-state index contributed by atoms with van der Waals surface area (Å²) < 4.78 is 17.6. The molecule has 5 nitrogen and oxygen atoms in total. The Bertz CT molecular complexity index is 420. The number of amides is 1. The number of piperidine rings is 1. The lowest BCUT2D eigenvalue weighted by molar-refractivity contribution is 0.113. The number of likely N-dealkylation sites (tertiary alicyclic amines) is 1. The number of ether oxygens (including phenoxy) is 1. The predicted octanol–water partition coefficient (Wildman–Crippen LogP) is 1.86. The molecule has 2 rings (SSSR count). The summed E-state index contributed by atoms with van der Waals surface area (Å²) >= 11 is 0. The van der Waals surface area contributed by atoms with E-state index in [1.165, 1.54) is 13.2 Å². The lowest BCUT2D eigenvalue weighted by atomic mass is 10.1. The first-order chi connectivity index (χ1) is 8.69. The van der Waals surface area contributed by atoms with Crippen LogP contribution in [0.15, 0.2) is 18.2 Å². The molecule has 6 heteroatoms. The molecule has 1 aliphatic rings. The first-order valence-electron chi connectivity index (χ1n) is 5.91. The highest BCUT2D eigenvalue weighted by Gasteiger charge is 2.23. The van der Waals surface area contributed by atoms with Gasteiger partial charge in [-0.05, 0) is 25.0 Å². The highest BCUT2D eigenvalue weighted by molar-refractivity contribution is 5.67. The number of carbonyl (C=O) groups is 1. The maximum atomic E-state index is 12.9. The maximum Gasteiger partial charge on any atom is 0.409 e. The molecule has 18 heavy (non-hydrogen) atoms. The summed E-state index contributed by atoms with van der Waals surface area (Å²) in [5.74, 6) is 0.0403. The number of nitrogens with zero attached hydrogens (tertiary/aromatic N) is 2. The third-order valence-electron chi connectivity index (χ3n) is 2.99. The zero-order valence-corrected chi connectivity index (χ0v) is 10.2. The largest absolute Gasteiger partial charge is 0.453 e. The van der Waals surface area contributed by atoms with E-state index in [1.54, 1.807) is 17.0 Å². The van der Waals surface area contributed by atoms with Crippen LogP contribution in [0.2, 0.25) is 0 Å². The van der Waals surface area contributed by atoms with Gasteiger partial charge in [-0.25, -0.2) is 9.78 Å². The molecule has 1 aromatic heterocycles. The van der Waals surface area contributed by atoms with Gasteiger partial charge in [0.25, 0.3) is 0 Å². The molecule has 1 fully saturated rings. The molecule has 1 amide bonds. The van der Waals surface area contributed by atoms with E-state index in [0.717, 1.165) is 12.8 Å². The molecular weight excluding hydrogens is 237 g/mol. The van der Waals surface area contributed by atoms with Gasteiger partial charge < -0.3 is 15.0 Å². The zero-order chi connectivity index (χ0) is 13.0. The molecule has 0 atom stereocenters. The van der Waals surface area contributed by atoms with Crippen molar-refractivity contribution < 1.29 is 13.9 Å². The fraction of sp³-hybridized carbons (Fsp3) is 0.500. The lowest BCUT2D eigenvalue weighted by Crippen LogP contribution is -2.42. The number of pyridine rings is 1. The molecule has 0 aromatic carbocycles. The predicted molar refractivity (Wildman–Crippen MR) is 64.8 cm³/mol. The third-order valence-corrected chi connectivity index (χ3v) is 2.99. The average molecular weight is 253 g/mol. The Balaban J connectivity index is 1.85. The highest BCUT2D eigenvalue weighted by Crippen LogP contribution is 2.15. The van der Waals surface area contributed by atoms with Crippen LogP contribution >= 0.6 is 0 Å². The van der Waals surface area contributed by atoms with E-state index in [4.69, 9.17) is 0 Å². The standard InChI is InChI=1S/C12H16FN3O2/c1-18-12(17)16-7-5-9(6-8-16)14-11-4-2-3-10(13)15-11/h2-4,9H,5-8H2,1H3,(H,14,15). The number of nitrogens with one attached hydrogen (secondary N) is 1. The summed E-state index contributed by atoms with van der Waals surface area (Å²) in [6.07, 6.45) is 1.30. The van der Waals surface area contributed by atoms with Gasteiger partial charge in [0, 0.05) is 19.1 Å². The maximum absolute atomic E-state index is 12.9. The highest BCUT2D eigenvalue weighted by atomic mass is 19.1. The molecule has 0 spiro atoms. The minimum atomic E-state index is -0.494. The SMILES string of the molecule is COC(=O)N1CCC(Nc2cccc(F)n2)CC1. The van der Waals surface area contributed by atoms with Crippen LogP contribution in [0.1, 0.15) is 12.8 Å². The van der Waals surface area contributed by atoms with Gasteiger partial charge in [-0.3, -0.25) is 0 Å². The molecule has 0 saturated carbocycles. The number of aromatic nitrogens is 1. The van der Waals surface area contributed by atoms with E-state index in [-0.39, 0.29) is 12.1 Å². The van der Waals surface area contributed by atoms with E-state index in [0.29, 0.717) is 18.9 Å². The monoisotopic (exact) mass is 253 g/mol. The van der Waals surface area contributed by atoms with Crippen molar-refractivity contribution >= 4 is 11.9 Å². The van der Waals surface area contributed by atoms with Gasteiger partial charge in [-0.2, -0.15) is 4.39 Å². The molecule has 1 aliphatic heterocycles. The molecule has 0 aliphatic carbocycles. The van der Waals surface area contributed by atoms with Crippen LogP contribution in [0.4, 0.5) is 15.0 Å². The van der Waals surface area contributed by atoms with Gasteiger partial charge in [-0.15, -0.1) is 0 Å². The summed E-state index contributed by atoms with van der Waals surface area (Å²) in [5, 5.41) is 3.17. The molecule has 0 unspecified atom stereocenters. The molecule has 2 heterocycles. The van der Waals surface area contributed by atoms with Crippen molar-refractivity contribution in [1.82, 2.24) is 9.88 Å². The van der Waals surface area contributed by atoms with Crippen molar-refractivity contribution in [2.24, 2.45) is 0 Å². The smallest absolute Gasteiger partial charge is 0.409 e. The van der Waals surface area contributed by atoms with E-state index >= 15 is 0 Å². The molecule has 0 bridgehead atoms. The van der Waals surface area contributed by atoms with Gasteiger partial charge in [0.2, 0.25) is 5.95 Å². The lowest BCUT2D eigenvalue weighted by Gasteiger charge is -2.31. The van der Waals surface area contributed by atoms with Crippen LogP contribution in [-0.2, 0) is 4.74 Å². The number of methoxy groups -OCH3 is 1. The van der Waals surface area contributed by atoms with Gasteiger partial charge in [-0.1, -0.05) is 6.07 Å². The first-order valence-corrected chi connectivity index (χ1v) is 5.91. The number of rotatable bonds is 2. The van der Waals surface area contributed by atoms with Gasteiger partial charge in [0.05, 0.1) is 7.11 Å². The normalized spacial score (nSPS) is 16.4. The quantitative estimate of drug-likeness (QED) is 0.817. The van der Waals surface area contributed by atoms with Crippen LogP contribution in [0.3, 0.4) is 0 Å². The molecule has 1 saturated heterocycles. The fourth-order valence-corrected chi connectivity index (χ4v) is 2.03. The Kier molecular flexibility index (Phi) is 3.96. The van der Waals surface area contributed by atoms with E-state index in [2.05, 4.69) is 15.0 Å². The Hall–Kier alpha value is -1.85. The summed E-state index contributed by atoms with van der Waals surface area (Å²) in [4.78, 5) is 16.7. The Labute approximate surface area is 105 Å². The molecular formula is C12H16FN3O2. The van der Waals surface area contributed by atoms with Gasteiger partial charge in [0.1, 0.15) is 5.82 Å². The second-order valence-corrected chi connectivity index (χ2v) is 4.22. The van der Waals surface area contributed by atoms with Crippen molar-refractivity contribution in [2.75, 3.05) is 25.5 Å². The number of anilines is 1. The topological polar surface area (TPSA) is 54.5 Å². The zero-order valence-electron chi connectivity index (χ0n) is 10.2. The van der Waals surface area contributed by atoms with Crippen LogP contribution < -0.4 is 5.32 Å². The first kappa shape index (κ1) is 12.6. The Morgan fingerprint density at radius 2 is 2.22 bits per heavy atom. The number of carbonyl (C=O) groups excluding carboxylic acids is 1. The molecule has 1 aromatic rings. The van der Waals surface area contributed by atoms with E-state index in [9.17, 15) is 9.18 Å². The van der Waals surface area contributed by atoms with Crippen LogP contribution in [0.5, 0.6) is 0 Å². The van der Waals surface area contributed by atoms with Crippen LogP contribution in [0, 0.1) is 5.95 Å². The Morgan fingerprint density at radius 1 is 1.50 bits per heavy atom. The van der Waals surface area contributed by atoms with Crippen molar-refractivity contribution in [2.45, 2.75) is 18.9 Å². The van der Waals surface area contributed by atoms with Gasteiger partial charge in [0.15, 0.2) is 0 Å². The number of hydrogen-bond acceptors (Lipinski definition) is 4. The van der Waals surface area contributed by atoms with Gasteiger partial charge >= 0.3 is 6.09 Å². The Morgan fingerprint density at radius 3 is 2.83 bits per heavy atom. The second kappa shape index (κ2) is 5.66. The summed E-state index contributed by atoms with van der Waals surface area (Å²) in [6.45, 7) is 1.28. The summed E-state index contributed by atoms with van der Waals surface area (Å²) in [5.41, 5.74) is 0. The van der Waals surface area contributed by atoms with E-state index in [1.807, 2.05) is 0 Å². The third kappa shape index (κ3) is 3.09. The fourth-order valence-electron chi connectivity index (χ4n) is 2.03. The minimum Gasteiger partial charge on any atom is -0.453 e. The second-order valence-electron chi connectivity index (χ2n) is 4.22. The van der Waals surface area contributed by atoms with Crippen LogP contribution in [-0.4, -0.2) is 42.2 Å². The summed E-state index contributed by atoms with van der Waals surface area (Å²) in [6, 6.07) is 4.87. The molecule has 98 valence electrons. The number of hydrogen-bond donors (Lipinski definition) is 1. The summed E-state index contributed by atoms with van der Waals surface area (Å²) in [7, 11) is 1.38. The average Bonchev–Trinajstić information content (AvgIpc) is 2.39. The van der Waals surface area contributed by atoms with Crippen molar-refractivity contribution in [3.05, 3.63) is 24.1 Å². The molecule has 1 N–H and O–H groups in total. The van der Waals surface area contributed by atoms with Crippen molar-refractivity contribution in [3.63, 3.8) is 0 Å². The van der Waals surface area contributed by atoms with Crippen molar-refractivity contribution in [3.8, 4) is 0 Å².